The molecule has 0 saturated heterocycles. The zero-order valence-electron chi connectivity index (χ0n) is 11.0. The van der Waals surface area contributed by atoms with Crippen LogP contribution in [-0.4, -0.2) is 9.78 Å². The van der Waals surface area contributed by atoms with E-state index in [0.29, 0.717) is 0 Å². The van der Waals surface area contributed by atoms with Gasteiger partial charge in [0.25, 0.3) is 0 Å². The number of hydrogen-bond donors (Lipinski definition) is 2. The monoisotopic (exact) mass is 350 g/mol. The number of rotatable bonds is 4. The maximum Gasteiger partial charge on any atom is 0.0723 e. The number of aryl methyl sites for hydroxylation is 1. The van der Waals surface area contributed by atoms with E-state index in [1.807, 2.05) is 29.9 Å². The van der Waals surface area contributed by atoms with Crippen molar-refractivity contribution in [2.45, 2.75) is 12.5 Å². The molecule has 0 radical (unpaired) electrons. The number of nitrogens with one attached hydrogen (secondary N) is 1. The maximum absolute atomic E-state index is 5.72. The summed E-state index contributed by atoms with van der Waals surface area (Å²) in [7, 11) is 1.97. The molecule has 0 bridgehead atoms. The fourth-order valence-corrected chi connectivity index (χ4v) is 3.87. The van der Waals surface area contributed by atoms with Crippen molar-refractivity contribution in [1.82, 2.24) is 15.2 Å². The van der Waals surface area contributed by atoms with Crippen molar-refractivity contribution >= 4 is 38.2 Å². The van der Waals surface area contributed by atoms with Gasteiger partial charge in [0.15, 0.2) is 0 Å². The predicted molar refractivity (Wildman–Crippen MR) is 86.5 cm³/mol. The van der Waals surface area contributed by atoms with Crippen LogP contribution in [0.3, 0.4) is 0 Å². The van der Waals surface area contributed by atoms with Crippen molar-refractivity contribution < 1.29 is 0 Å². The first kappa shape index (κ1) is 13.8. The second-order valence-corrected chi connectivity index (χ2v) is 7.15. The summed E-state index contributed by atoms with van der Waals surface area (Å²) in [6.07, 6.45) is 0.769. The first-order valence-corrected chi connectivity index (χ1v) is 7.92. The van der Waals surface area contributed by atoms with Gasteiger partial charge in [-0.05, 0) is 34.1 Å². The van der Waals surface area contributed by atoms with Crippen molar-refractivity contribution in [3.63, 3.8) is 0 Å². The van der Waals surface area contributed by atoms with Gasteiger partial charge < -0.3 is 0 Å². The van der Waals surface area contributed by atoms with Crippen molar-refractivity contribution in [2.75, 3.05) is 0 Å². The molecule has 2 heterocycles. The molecule has 0 aliphatic rings. The number of hydrogen-bond acceptors (Lipinski definition) is 4. The van der Waals surface area contributed by atoms with Crippen LogP contribution < -0.4 is 11.3 Å². The van der Waals surface area contributed by atoms with E-state index in [4.69, 9.17) is 5.84 Å². The molecule has 0 saturated carbocycles. The van der Waals surface area contributed by atoms with Crippen LogP contribution in [-0.2, 0) is 13.5 Å². The molecule has 3 aromatic rings. The Labute approximate surface area is 129 Å². The number of fused-ring (bicyclic) bond motifs is 1. The van der Waals surface area contributed by atoms with Crippen LogP contribution in [0.2, 0.25) is 0 Å². The third kappa shape index (κ3) is 2.52. The normalized spacial score (nSPS) is 12.9. The van der Waals surface area contributed by atoms with E-state index in [2.05, 4.69) is 44.7 Å². The Morgan fingerprint density at radius 2 is 2.15 bits per heavy atom. The van der Waals surface area contributed by atoms with Gasteiger partial charge in [-0.1, -0.05) is 18.2 Å². The Morgan fingerprint density at radius 1 is 1.35 bits per heavy atom. The molecular formula is C14H15BrN4S. The van der Waals surface area contributed by atoms with Gasteiger partial charge >= 0.3 is 0 Å². The number of aromatic nitrogens is 2. The highest BCUT2D eigenvalue weighted by Crippen LogP contribution is 2.30. The van der Waals surface area contributed by atoms with Crippen LogP contribution in [0.5, 0.6) is 0 Å². The second-order valence-electron chi connectivity index (χ2n) is 4.65. The van der Waals surface area contributed by atoms with E-state index in [1.54, 1.807) is 11.3 Å². The molecule has 0 fully saturated rings. The van der Waals surface area contributed by atoms with Gasteiger partial charge in [-0.2, -0.15) is 5.10 Å². The molecule has 0 aliphatic heterocycles. The molecular weight excluding hydrogens is 336 g/mol. The lowest BCUT2D eigenvalue weighted by molar-refractivity contribution is 0.551. The van der Waals surface area contributed by atoms with E-state index >= 15 is 0 Å². The fourth-order valence-electron chi connectivity index (χ4n) is 2.39. The first-order valence-electron chi connectivity index (χ1n) is 6.31. The number of halogens is 1. The Hall–Kier alpha value is -1.21. The molecule has 0 spiro atoms. The Bertz CT molecular complexity index is 734. The summed E-state index contributed by atoms with van der Waals surface area (Å²) in [5, 5.41) is 5.81. The summed E-state index contributed by atoms with van der Waals surface area (Å²) < 4.78 is 3.03. The van der Waals surface area contributed by atoms with Gasteiger partial charge in [0, 0.05) is 23.7 Å². The summed E-state index contributed by atoms with van der Waals surface area (Å²) in [5.41, 5.74) is 5.10. The van der Waals surface area contributed by atoms with Gasteiger partial charge in [-0.3, -0.25) is 16.0 Å². The molecule has 0 amide bonds. The smallest absolute Gasteiger partial charge is 0.0723 e. The van der Waals surface area contributed by atoms with Gasteiger partial charge in [-0.15, -0.1) is 11.3 Å². The van der Waals surface area contributed by atoms with Crippen LogP contribution in [0.4, 0.5) is 0 Å². The van der Waals surface area contributed by atoms with Gasteiger partial charge in [0.05, 0.1) is 21.0 Å². The van der Waals surface area contributed by atoms with Crippen LogP contribution in [0.15, 0.2) is 40.2 Å². The SMILES string of the molecule is Cn1nc(CC(NN)c2ccc(Br)s2)c2ccccc21. The van der Waals surface area contributed by atoms with Crippen molar-refractivity contribution in [2.24, 2.45) is 12.9 Å². The predicted octanol–water partition coefficient (Wildman–Crippen LogP) is 3.14. The topological polar surface area (TPSA) is 55.9 Å². The zero-order chi connectivity index (χ0) is 14.1. The average Bonchev–Trinajstić information content (AvgIpc) is 3.01. The Balaban J connectivity index is 1.95. The molecule has 1 atom stereocenters. The first-order chi connectivity index (χ1) is 9.69. The van der Waals surface area contributed by atoms with E-state index in [0.717, 1.165) is 21.4 Å². The zero-order valence-corrected chi connectivity index (χ0v) is 13.4. The van der Waals surface area contributed by atoms with E-state index in [9.17, 15) is 0 Å². The third-order valence-corrected chi connectivity index (χ3v) is 5.11. The van der Waals surface area contributed by atoms with Gasteiger partial charge in [0.1, 0.15) is 0 Å². The highest BCUT2D eigenvalue weighted by Gasteiger charge is 2.17. The highest BCUT2D eigenvalue weighted by atomic mass is 79.9. The van der Waals surface area contributed by atoms with Crippen molar-refractivity contribution in [3.8, 4) is 0 Å². The lowest BCUT2D eigenvalue weighted by atomic mass is 10.1. The van der Waals surface area contributed by atoms with Crippen LogP contribution in [0.1, 0.15) is 16.6 Å². The molecule has 20 heavy (non-hydrogen) atoms. The molecule has 1 unspecified atom stereocenters. The molecule has 2 aromatic heterocycles. The number of nitrogens with two attached hydrogens (primary N) is 1. The lowest BCUT2D eigenvalue weighted by Crippen LogP contribution is -2.29. The largest absolute Gasteiger partial charge is 0.271 e. The molecule has 3 rings (SSSR count). The third-order valence-electron chi connectivity index (χ3n) is 3.37. The van der Waals surface area contributed by atoms with Gasteiger partial charge in [0.2, 0.25) is 0 Å². The number of benzene rings is 1. The minimum atomic E-state index is 0.0737. The van der Waals surface area contributed by atoms with Crippen molar-refractivity contribution in [3.05, 3.63) is 50.8 Å². The van der Waals surface area contributed by atoms with Crippen LogP contribution in [0, 0.1) is 0 Å². The maximum atomic E-state index is 5.72. The second kappa shape index (κ2) is 5.65. The van der Waals surface area contributed by atoms with Crippen LogP contribution in [0.25, 0.3) is 10.9 Å². The standard InChI is InChI=1S/C14H15BrN4S/c1-19-12-5-3-2-4-9(12)10(18-19)8-11(17-16)13-6-7-14(15)20-13/h2-7,11,17H,8,16H2,1H3. The van der Waals surface area contributed by atoms with Crippen molar-refractivity contribution in [1.29, 1.82) is 0 Å². The lowest BCUT2D eigenvalue weighted by Gasteiger charge is -2.12. The minimum Gasteiger partial charge on any atom is -0.271 e. The van der Waals surface area contributed by atoms with Crippen LogP contribution >= 0.6 is 27.3 Å². The van der Waals surface area contributed by atoms with E-state index < -0.39 is 0 Å². The summed E-state index contributed by atoms with van der Waals surface area (Å²) in [6.45, 7) is 0. The number of para-hydroxylation sites is 1. The molecule has 104 valence electrons. The van der Waals surface area contributed by atoms with Gasteiger partial charge in [-0.25, -0.2) is 0 Å². The van der Waals surface area contributed by atoms with E-state index in [1.165, 1.54) is 10.3 Å². The highest BCUT2D eigenvalue weighted by molar-refractivity contribution is 9.11. The number of hydrazine groups is 1. The molecule has 6 heteroatoms. The summed E-state index contributed by atoms with van der Waals surface area (Å²) in [6, 6.07) is 12.5. The summed E-state index contributed by atoms with van der Waals surface area (Å²) in [4.78, 5) is 1.20. The molecule has 3 N–H and O–H groups in total. The Kier molecular flexibility index (Phi) is 3.89. The van der Waals surface area contributed by atoms with E-state index in [-0.39, 0.29) is 6.04 Å². The fraction of sp³-hybridized carbons (Fsp3) is 0.214. The summed E-state index contributed by atoms with van der Waals surface area (Å²) in [5.74, 6) is 5.72. The molecule has 0 aliphatic carbocycles. The molecule has 1 aromatic carbocycles. The number of thiophene rings is 1. The number of nitrogens with zero attached hydrogens (tertiary/aromatic N) is 2. The quantitative estimate of drug-likeness (QED) is 0.561. The minimum absolute atomic E-state index is 0.0737. The molecule has 4 nitrogen and oxygen atoms in total. The average molecular weight is 351 g/mol. The summed E-state index contributed by atoms with van der Waals surface area (Å²) >= 11 is 5.18. The Morgan fingerprint density at radius 3 is 2.85 bits per heavy atom.